The fourth-order valence-electron chi connectivity index (χ4n) is 2.70. The van der Waals surface area contributed by atoms with E-state index in [1.165, 1.54) is 5.38 Å². The molecule has 0 fully saturated rings. The van der Waals surface area contributed by atoms with Crippen molar-refractivity contribution in [1.82, 2.24) is 5.16 Å². The molecule has 0 radical (unpaired) electrons. The molecule has 7 nitrogen and oxygen atoms in total. The van der Waals surface area contributed by atoms with Gasteiger partial charge in [0.25, 0.3) is 21.8 Å². The average Bonchev–Trinajstić information content (AvgIpc) is 3.21. The molecule has 0 unspecified atom stereocenters. The van der Waals surface area contributed by atoms with E-state index < -0.39 is 15.9 Å². The van der Waals surface area contributed by atoms with Gasteiger partial charge in [0.2, 0.25) is 0 Å². The first-order valence-corrected chi connectivity index (χ1v) is 11.7. The summed E-state index contributed by atoms with van der Waals surface area (Å²) < 4.78 is 34.1. The molecule has 3 aromatic rings. The van der Waals surface area contributed by atoms with Crippen LogP contribution in [0, 0.1) is 6.92 Å². The number of sulfonamides is 1. The number of carbonyl (C=O) groups is 1. The van der Waals surface area contributed by atoms with E-state index in [2.05, 4.69) is 46.6 Å². The zero-order chi connectivity index (χ0) is 21.6. The molecule has 1 amide bonds. The van der Waals surface area contributed by atoms with Crippen molar-refractivity contribution in [3.63, 3.8) is 0 Å². The number of anilines is 1. The molecule has 0 aliphatic carbocycles. The number of benzene rings is 1. The fourth-order valence-corrected chi connectivity index (χ4v) is 5.88. The van der Waals surface area contributed by atoms with Crippen LogP contribution in [0.2, 0.25) is 0 Å². The van der Waals surface area contributed by atoms with Gasteiger partial charge in [0.15, 0.2) is 0 Å². The van der Waals surface area contributed by atoms with E-state index >= 15 is 0 Å². The molecular weight excluding hydrogens is 478 g/mol. The number of primary amides is 1. The second-order valence-electron chi connectivity index (χ2n) is 7.52. The first kappa shape index (κ1) is 21.5. The second-order valence-corrected chi connectivity index (χ2v) is 10.8. The fraction of sp³-hybridized carbons (Fsp3) is 0.263. The molecule has 0 aliphatic heterocycles. The van der Waals surface area contributed by atoms with Crippen molar-refractivity contribution in [2.75, 3.05) is 4.72 Å². The van der Waals surface area contributed by atoms with Gasteiger partial charge >= 0.3 is 0 Å². The molecule has 0 atom stereocenters. The van der Waals surface area contributed by atoms with Crippen LogP contribution in [0.5, 0.6) is 0 Å². The van der Waals surface area contributed by atoms with Gasteiger partial charge in [-0.05, 0) is 39.4 Å². The number of aryl methyl sites for hydroxylation is 1. The van der Waals surface area contributed by atoms with Crippen LogP contribution < -0.4 is 10.5 Å². The molecule has 0 spiro atoms. The van der Waals surface area contributed by atoms with Gasteiger partial charge in [-0.3, -0.25) is 4.79 Å². The Hall–Kier alpha value is -2.17. The molecule has 3 rings (SSSR count). The number of nitrogens with two attached hydrogens (primary N) is 1. The minimum absolute atomic E-state index is 0.0424. The predicted molar refractivity (Wildman–Crippen MR) is 117 cm³/mol. The number of amides is 1. The maximum atomic E-state index is 13.1. The summed E-state index contributed by atoms with van der Waals surface area (Å²) in [5.41, 5.74) is 7.59. The summed E-state index contributed by atoms with van der Waals surface area (Å²) in [4.78, 5) is 12.1. The van der Waals surface area contributed by atoms with Crippen LogP contribution in [-0.2, 0) is 15.4 Å². The van der Waals surface area contributed by atoms with Gasteiger partial charge in [-0.15, -0.1) is 11.3 Å². The van der Waals surface area contributed by atoms with Crippen molar-refractivity contribution in [3.8, 4) is 10.4 Å². The summed E-state index contributed by atoms with van der Waals surface area (Å²) in [6.45, 7) is 7.94. The van der Waals surface area contributed by atoms with Crippen molar-refractivity contribution in [3.05, 3.63) is 50.9 Å². The monoisotopic (exact) mass is 497 g/mol. The third kappa shape index (κ3) is 4.24. The SMILES string of the molecule is Cc1noc(NS(=O)(=O)c2c(C(N)=O)csc2-c2ccc(C(C)(C)C)cc2)c1Br. The van der Waals surface area contributed by atoms with Crippen LogP contribution in [0.1, 0.15) is 42.4 Å². The molecule has 29 heavy (non-hydrogen) atoms. The average molecular weight is 498 g/mol. The molecule has 10 heteroatoms. The lowest BCUT2D eigenvalue weighted by Crippen LogP contribution is -2.19. The Balaban J connectivity index is 2.12. The maximum Gasteiger partial charge on any atom is 0.266 e. The molecule has 2 heterocycles. The van der Waals surface area contributed by atoms with E-state index in [4.69, 9.17) is 10.3 Å². The Morgan fingerprint density at radius 1 is 1.24 bits per heavy atom. The Morgan fingerprint density at radius 2 is 1.86 bits per heavy atom. The number of rotatable bonds is 5. The van der Waals surface area contributed by atoms with Crippen molar-refractivity contribution < 1.29 is 17.7 Å². The van der Waals surface area contributed by atoms with Gasteiger partial charge in [-0.1, -0.05) is 50.2 Å². The van der Waals surface area contributed by atoms with Crippen molar-refractivity contribution >= 4 is 49.1 Å². The second kappa shape index (κ2) is 7.58. The van der Waals surface area contributed by atoms with Crippen LogP contribution >= 0.6 is 27.3 Å². The van der Waals surface area contributed by atoms with Crippen molar-refractivity contribution in [2.24, 2.45) is 5.73 Å². The zero-order valence-electron chi connectivity index (χ0n) is 16.2. The van der Waals surface area contributed by atoms with Gasteiger partial charge in [0.05, 0.1) is 16.1 Å². The highest BCUT2D eigenvalue weighted by atomic mass is 79.9. The van der Waals surface area contributed by atoms with Crippen molar-refractivity contribution in [1.29, 1.82) is 0 Å². The van der Waals surface area contributed by atoms with Crippen LogP contribution in [0.25, 0.3) is 10.4 Å². The maximum absolute atomic E-state index is 13.1. The molecule has 2 aromatic heterocycles. The summed E-state index contributed by atoms with van der Waals surface area (Å²) in [6, 6.07) is 7.56. The van der Waals surface area contributed by atoms with Crippen molar-refractivity contribution in [2.45, 2.75) is 38.0 Å². The zero-order valence-corrected chi connectivity index (χ0v) is 19.5. The number of hydrogen-bond acceptors (Lipinski definition) is 6. The number of halogens is 1. The smallest absolute Gasteiger partial charge is 0.266 e. The van der Waals surface area contributed by atoms with Crippen LogP contribution in [-0.4, -0.2) is 19.5 Å². The van der Waals surface area contributed by atoms with E-state index in [0.29, 0.717) is 20.6 Å². The summed E-state index contributed by atoms with van der Waals surface area (Å²) in [6.07, 6.45) is 0. The summed E-state index contributed by atoms with van der Waals surface area (Å²) in [5.74, 6) is -0.898. The molecule has 0 aliphatic rings. The van der Waals surface area contributed by atoms with Gasteiger partial charge in [-0.25, -0.2) is 13.1 Å². The molecule has 154 valence electrons. The Labute approximate surface area is 181 Å². The highest BCUT2D eigenvalue weighted by Crippen LogP contribution is 2.38. The third-order valence-electron chi connectivity index (χ3n) is 4.31. The molecule has 0 saturated carbocycles. The normalized spacial score (nSPS) is 12.2. The largest absolute Gasteiger partial charge is 0.366 e. The summed E-state index contributed by atoms with van der Waals surface area (Å²) in [7, 11) is -4.18. The predicted octanol–water partition coefficient (Wildman–Crippen LogP) is 4.67. The number of hydrogen-bond donors (Lipinski definition) is 2. The molecule has 3 N–H and O–H groups in total. The Bertz CT molecular complexity index is 1170. The minimum Gasteiger partial charge on any atom is -0.366 e. The number of nitrogens with zero attached hydrogens (tertiary/aromatic N) is 1. The minimum atomic E-state index is -4.18. The third-order valence-corrected chi connectivity index (χ3v) is 7.82. The highest BCUT2D eigenvalue weighted by Gasteiger charge is 2.30. The number of carbonyl (C=O) groups excluding carboxylic acids is 1. The van der Waals surface area contributed by atoms with E-state index in [1.54, 1.807) is 6.92 Å². The summed E-state index contributed by atoms with van der Waals surface area (Å²) >= 11 is 4.37. The number of nitrogens with one attached hydrogen (secondary N) is 1. The van der Waals surface area contributed by atoms with E-state index in [0.717, 1.165) is 16.9 Å². The van der Waals surface area contributed by atoms with E-state index in [9.17, 15) is 13.2 Å². The quantitative estimate of drug-likeness (QED) is 0.531. The number of thiophene rings is 1. The molecular formula is C19H20BrN3O4S2. The lowest BCUT2D eigenvalue weighted by Gasteiger charge is -2.19. The van der Waals surface area contributed by atoms with E-state index in [-0.39, 0.29) is 21.8 Å². The topological polar surface area (TPSA) is 115 Å². The Kier molecular flexibility index (Phi) is 5.63. The van der Waals surface area contributed by atoms with Gasteiger partial charge in [-0.2, -0.15) is 0 Å². The molecule has 0 bridgehead atoms. The van der Waals surface area contributed by atoms with Crippen LogP contribution in [0.3, 0.4) is 0 Å². The lowest BCUT2D eigenvalue weighted by molar-refractivity contribution is 0.0998. The first-order chi connectivity index (χ1) is 13.4. The lowest BCUT2D eigenvalue weighted by atomic mass is 9.86. The number of aromatic nitrogens is 1. The van der Waals surface area contributed by atoms with E-state index in [1.807, 2.05) is 24.3 Å². The summed E-state index contributed by atoms with van der Waals surface area (Å²) in [5, 5.41) is 5.16. The van der Waals surface area contributed by atoms with Crippen LogP contribution in [0.15, 0.2) is 43.5 Å². The first-order valence-electron chi connectivity index (χ1n) is 8.58. The Morgan fingerprint density at radius 3 is 2.34 bits per heavy atom. The standard InChI is InChI=1S/C19H20BrN3O4S2/c1-10-14(20)18(27-22-10)23-29(25,26)16-13(17(21)24)9-28-15(16)11-5-7-12(8-6-11)19(2,3)4/h5-9,23H,1-4H3,(H2,21,24). The van der Waals surface area contributed by atoms with Gasteiger partial charge in [0.1, 0.15) is 9.37 Å². The molecule has 1 aromatic carbocycles. The van der Waals surface area contributed by atoms with Gasteiger partial charge in [0, 0.05) is 5.38 Å². The molecule has 0 saturated heterocycles. The highest BCUT2D eigenvalue weighted by molar-refractivity contribution is 9.10. The van der Waals surface area contributed by atoms with Crippen LogP contribution in [0.4, 0.5) is 5.88 Å². The van der Waals surface area contributed by atoms with Gasteiger partial charge < -0.3 is 10.3 Å².